The normalized spacial score (nSPS) is 65.6. The molecule has 5 aliphatic carbocycles. The van der Waals surface area contributed by atoms with Gasteiger partial charge in [-0.2, -0.15) is 0 Å². The van der Waals surface area contributed by atoms with E-state index < -0.39 is 23.0 Å². The van der Waals surface area contributed by atoms with Gasteiger partial charge in [-0.05, 0) is 50.0 Å². The molecule has 7 bridgehead atoms. The molecule has 1 saturated heterocycles. The predicted molar refractivity (Wildman–Crippen MR) is 99.0 cm³/mol. The van der Waals surface area contributed by atoms with Crippen molar-refractivity contribution in [2.75, 3.05) is 13.1 Å². The van der Waals surface area contributed by atoms with Crippen molar-refractivity contribution >= 4 is 5.78 Å². The van der Waals surface area contributed by atoms with Crippen molar-refractivity contribution in [2.45, 2.75) is 64.2 Å². The number of rotatable bonds is 1. The van der Waals surface area contributed by atoms with Crippen LogP contribution >= 0.6 is 0 Å². The molecule has 1 heterocycles. The SMILES string of the molecule is C=C1[C@H]2C[C@@]3([C@@H]1O)[C@@H](CC2=O)[C@]12C4[C@@H]3C[C@@H]1[C@@](C)(CC[C@@H]2O)C[N+]4([O-])CC. The second-order valence-corrected chi connectivity index (χ2v) is 11.0. The predicted octanol–water partition coefficient (Wildman–Crippen LogP) is 2.01. The Morgan fingerprint density at radius 3 is 2.78 bits per heavy atom. The van der Waals surface area contributed by atoms with Gasteiger partial charge in [0.2, 0.25) is 0 Å². The van der Waals surface area contributed by atoms with Crippen LogP contribution < -0.4 is 0 Å². The molecular formula is C22H31NO4. The Labute approximate surface area is 160 Å². The lowest BCUT2D eigenvalue weighted by Gasteiger charge is -2.68. The number of hydrogen-bond acceptors (Lipinski definition) is 4. The fraction of sp³-hybridized carbons (Fsp3) is 0.864. The van der Waals surface area contributed by atoms with Gasteiger partial charge in [-0.25, -0.2) is 0 Å². The van der Waals surface area contributed by atoms with Gasteiger partial charge in [0.1, 0.15) is 11.8 Å². The summed E-state index contributed by atoms with van der Waals surface area (Å²) in [7, 11) is 0. The van der Waals surface area contributed by atoms with Crippen LogP contribution in [0.15, 0.2) is 12.2 Å². The smallest absolute Gasteiger partial charge is 0.140 e. The second kappa shape index (κ2) is 4.53. The number of aliphatic hydroxyl groups is 2. The maximum absolute atomic E-state index is 14.2. The average molecular weight is 373 g/mol. The van der Waals surface area contributed by atoms with Gasteiger partial charge in [-0.1, -0.05) is 13.5 Å². The van der Waals surface area contributed by atoms with E-state index in [0.29, 0.717) is 37.4 Å². The topological polar surface area (TPSA) is 80.6 Å². The van der Waals surface area contributed by atoms with Crippen molar-refractivity contribution in [3.8, 4) is 0 Å². The summed E-state index contributed by atoms with van der Waals surface area (Å²) in [5.74, 6) is 0.275. The van der Waals surface area contributed by atoms with E-state index in [0.717, 1.165) is 19.3 Å². The molecule has 2 unspecified atom stereocenters. The third-order valence-corrected chi connectivity index (χ3v) is 10.7. The van der Waals surface area contributed by atoms with Gasteiger partial charge in [-0.15, -0.1) is 0 Å². The van der Waals surface area contributed by atoms with Crippen molar-refractivity contribution in [3.63, 3.8) is 0 Å². The fourth-order valence-corrected chi connectivity index (χ4v) is 10.1. The van der Waals surface area contributed by atoms with E-state index in [1.165, 1.54) is 0 Å². The largest absolute Gasteiger partial charge is 0.633 e. The van der Waals surface area contributed by atoms with Crippen molar-refractivity contribution in [2.24, 2.45) is 39.9 Å². The lowest BCUT2D eigenvalue weighted by Crippen LogP contribution is -2.73. The van der Waals surface area contributed by atoms with E-state index in [-0.39, 0.29) is 39.6 Å². The highest BCUT2D eigenvalue weighted by Crippen LogP contribution is 2.84. The molecule has 6 aliphatic rings. The van der Waals surface area contributed by atoms with E-state index in [9.17, 15) is 20.2 Å². The van der Waals surface area contributed by atoms with Gasteiger partial charge in [0.05, 0.1) is 30.7 Å². The zero-order chi connectivity index (χ0) is 19.1. The summed E-state index contributed by atoms with van der Waals surface area (Å²) in [6.45, 7) is 9.47. The van der Waals surface area contributed by atoms with Crippen molar-refractivity contribution in [1.29, 1.82) is 0 Å². The molecule has 0 aromatic heterocycles. The maximum atomic E-state index is 14.2. The average Bonchev–Trinajstić information content (AvgIpc) is 3.17. The Balaban J connectivity index is 1.64. The summed E-state index contributed by atoms with van der Waals surface area (Å²) in [6, 6.07) is -0.173. The number of ketones is 1. The molecule has 0 amide bonds. The van der Waals surface area contributed by atoms with Crippen molar-refractivity contribution in [3.05, 3.63) is 17.4 Å². The molecule has 0 aromatic carbocycles. The first-order valence-electron chi connectivity index (χ1n) is 10.8. The Kier molecular flexibility index (Phi) is 2.88. The number of nitrogens with zero attached hydrogens (tertiary/aromatic N) is 1. The summed E-state index contributed by atoms with van der Waals surface area (Å²) in [6.07, 6.45) is 2.40. The Morgan fingerprint density at radius 1 is 1.33 bits per heavy atom. The first-order valence-corrected chi connectivity index (χ1v) is 10.8. The monoisotopic (exact) mass is 373 g/mol. The molecule has 6 rings (SSSR count). The van der Waals surface area contributed by atoms with Crippen LogP contribution in [0.5, 0.6) is 0 Å². The number of fused-ring (bicyclic) bond motifs is 1. The van der Waals surface area contributed by atoms with Gasteiger partial charge in [-0.3, -0.25) is 4.79 Å². The van der Waals surface area contributed by atoms with Crippen molar-refractivity contribution < 1.29 is 19.7 Å². The first kappa shape index (κ1) is 17.1. The molecule has 0 aromatic rings. The minimum atomic E-state index is -0.699. The summed E-state index contributed by atoms with van der Waals surface area (Å²) in [4.78, 5) is 13.0. The molecule has 6 fully saturated rings. The number of quaternary nitrogens is 1. The molecule has 2 spiro atoms. The second-order valence-electron chi connectivity index (χ2n) is 11.0. The molecule has 148 valence electrons. The third kappa shape index (κ3) is 1.44. The van der Waals surface area contributed by atoms with Gasteiger partial charge in [0.15, 0.2) is 0 Å². The summed E-state index contributed by atoms with van der Waals surface area (Å²) in [5, 5.41) is 37.0. The maximum Gasteiger partial charge on any atom is 0.140 e. The van der Waals surface area contributed by atoms with Crippen LogP contribution in [0.3, 0.4) is 0 Å². The number of aliphatic hydroxyl groups excluding tert-OH is 2. The summed E-state index contributed by atoms with van der Waals surface area (Å²) in [5.41, 5.74) is -0.303. The molecule has 1 aliphatic heterocycles. The number of hydroxylamine groups is 3. The molecule has 11 atom stereocenters. The molecule has 2 N–H and O–H groups in total. The Bertz CT molecular complexity index is 782. The van der Waals surface area contributed by atoms with E-state index in [2.05, 4.69) is 13.5 Å². The lowest BCUT2D eigenvalue weighted by molar-refractivity contribution is -0.927. The number of Topliss-reactive ketones (excluding diaryl/α,β-unsaturated/α-hetero) is 1. The van der Waals surface area contributed by atoms with Crippen LogP contribution in [0.1, 0.15) is 46.0 Å². The van der Waals surface area contributed by atoms with Gasteiger partial charge >= 0.3 is 0 Å². The van der Waals surface area contributed by atoms with Gasteiger partial charge in [0, 0.05) is 29.1 Å². The van der Waals surface area contributed by atoms with Crippen LogP contribution in [0, 0.1) is 45.1 Å². The van der Waals surface area contributed by atoms with Gasteiger partial charge < -0.3 is 20.1 Å². The number of carbonyl (C=O) groups is 1. The van der Waals surface area contributed by atoms with Gasteiger partial charge in [0.25, 0.3) is 0 Å². The lowest BCUT2D eigenvalue weighted by atomic mass is 9.43. The highest BCUT2D eigenvalue weighted by molar-refractivity contribution is 5.87. The number of piperidine rings is 1. The minimum absolute atomic E-state index is 0.0651. The number of carbonyl (C=O) groups excluding carboxylic acids is 1. The highest BCUT2D eigenvalue weighted by Gasteiger charge is 2.88. The molecule has 5 nitrogen and oxygen atoms in total. The number of likely N-dealkylation sites (tertiary alicyclic amines) is 1. The zero-order valence-corrected chi connectivity index (χ0v) is 16.4. The number of hydrogen-bond donors (Lipinski definition) is 2. The van der Waals surface area contributed by atoms with E-state index in [1.807, 2.05) is 6.92 Å². The zero-order valence-electron chi connectivity index (χ0n) is 16.4. The fourth-order valence-electron chi connectivity index (χ4n) is 10.1. The highest BCUT2D eigenvalue weighted by atomic mass is 16.5. The van der Waals surface area contributed by atoms with Crippen LogP contribution in [0.4, 0.5) is 0 Å². The van der Waals surface area contributed by atoms with Crippen molar-refractivity contribution in [1.82, 2.24) is 0 Å². The third-order valence-electron chi connectivity index (χ3n) is 10.7. The Hall–Kier alpha value is -0.750. The summed E-state index contributed by atoms with van der Waals surface area (Å²) >= 11 is 0. The summed E-state index contributed by atoms with van der Waals surface area (Å²) < 4.78 is -0.245. The molecular weight excluding hydrogens is 342 g/mol. The minimum Gasteiger partial charge on any atom is -0.633 e. The standard InChI is InChI=1S/C22H31NO4/c1-4-23(27)10-20(3)6-5-17(25)22-15(20)7-13(18(22)23)21-9-12(11(2)19(21)26)14(24)8-16(21)22/h12-13,15-19,25-26H,2,4-10H2,1,3H3/t12-,13+,15-,16-,17+,18?,19-,20+,21+,22-,23?/m1/s1. The molecule has 0 radical (unpaired) electrons. The van der Waals surface area contributed by atoms with E-state index in [1.54, 1.807) is 0 Å². The molecule has 5 saturated carbocycles. The van der Waals surface area contributed by atoms with E-state index in [4.69, 9.17) is 0 Å². The Morgan fingerprint density at radius 2 is 2.07 bits per heavy atom. The van der Waals surface area contributed by atoms with Crippen LogP contribution in [0.25, 0.3) is 0 Å². The van der Waals surface area contributed by atoms with Crippen LogP contribution in [-0.2, 0) is 4.79 Å². The van der Waals surface area contributed by atoms with E-state index >= 15 is 0 Å². The molecule has 5 heteroatoms. The molecule has 27 heavy (non-hydrogen) atoms. The quantitative estimate of drug-likeness (QED) is 0.419. The van der Waals surface area contributed by atoms with Crippen LogP contribution in [0.2, 0.25) is 0 Å². The first-order chi connectivity index (χ1) is 12.7. The van der Waals surface area contributed by atoms with Crippen LogP contribution in [-0.4, -0.2) is 52.0 Å².